The van der Waals surface area contributed by atoms with E-state index in [1.165, 1.54) is 17.3 Å². The van der Waals surface area contributed by atoms with Crippen molar-refractivity contribution in [2.45, 2.75) is 12.2 Å². The van der Waals surface area contributed by atoms with Gasteiger partial charge in [0, 0.05) is 12.2 Å². The van der Waals surface area contributed by atoms with Crippen molar-refractivity contribution in [3.05, 3.63) is 71.8 Å². The van der Waals surface area contributed by atoms with Gasteiger partial charge in [0.15, 0.2) is 5.12 Å². The molecule has 0 aliphatic carbocycles. The van der Waals surface area contributed by atoms with E-state index >= 15 is 0 Å². The summed E-state index contributed by atoms with van der Waals surface area (Å²) >= 11 is 1.39. The fourth-order valence-corrected chi connectivity index (χ4v) is 2.34. The van der Waals surface area contributed by atoms with Crippen LogP contribution in [0.25, 0.3) is 0 Å². The molecule has 0 aliphatic rings. The Balaban J connectivity index is 1.83. The molecule has 0 spiro atoms. The lowest BCUT2D eigenvalue weighted by Gasteiger charge is -2.01. The third-order valence-corrected chi connectivity index (χ3v) is 3.38. The van der Waals surface area contributed by atoms with Gasteiger partial charge in [0.1, 0.15) is 0 Å². The van der Waals surface area contributed by atoms with Gasteiger partial charge in [-0.3, -0.25) is 4.79 Å². The summed E-state index contributed by atoms with van der Waals surface area (Å²) in [6.45, 7) is 0. The molecule has 17 heavy (non-hydrogen) atoms. The maximum absolute atomic E-state index is 11.7. The van der Waals surface area contributed by atoms with Gasteiger partial charge in [-0.25, -0.2) is 0 Å². The van der Waals surface area contributed by atoms with E-state index in [4.69, 9.17) is 0 Å². The topological polar surface area (TPSA) is 17.1 Å². The maximum atomic E-state index is 11.7. The van der Waals surface area contributed by atoms with Gasteiger partial charge < -0.3 is 0 Å². The van der Waals surface area contributed by atoms with Crippen LogP contribution in [-0.2, 0) is 17.0 Å². The SMILES string of the molecule is O=C(Cc1ccccc1)SCc1ccccc1. The summed E-state index contributed by atoms with van der Waals surface area (Å²) in [5, 5.41) is 0.222. The van der Waals surface area contributed by atoms with E-state index in [0.29, 0.717) is 6.42 Å². The van der Waals surface area contributed by atoms with Crippen LogP contribution in [0.5, 0.6) is 0 Å². The molecule has 0 bridgehead atoms. The molecule has 0 fully saturated rings. The molecule has 2 heteroatoms. The average molecular weight is 242 g/mol. The second kappa shape index (κ2) is 6.26. The molecule has 1 nitrogen and oxygen atoms in total. The number of carbonyl (C=O) groups excluding carboxylic acids is 1. The summed E-state index contributed by atoms with van der Waals surface area (Å²) in [7, 11) is 0. The van der Waals surface area contributed by atoms with Crippen LogP contribution in [0.2, 0.25) is 0 Å². The standard InChI is InChI=1S/C15H14OS/c16-15(11-13-7-3-1-4-8-13)17-12-14-9-5-2-6-10-14/h1-10H,11-12H2. The first-order valence-corrected chi connectivity index (χ1v) is 6.56. The van der Waals surface area contributed by atoms with Crippen LogP contribution < -0.4 is 0 Å². The van der Waals surface area contributed by atoms with Crippen LogP contribution in [0.15, 0.2) is 60.7 Å². The highest BCUT2D eigenvalue weighted by molar-refractivity contribution is 8.12. The number of carbonyl (C=O) groups is 1. The predicted octanol–water partition coefficient (Wildman–Crippen LogP) is 3.69. The van der Waals surface area contributed by atoms with Gasteiger partial charge in [-0.1, -0.05) is 72.4 Å². The predicted molar refractivity (Wildman–Crippen MR) is 72.9 cm³/mol. The van der Waals surface area contributed by atoms with Crippen molar-refractivity contribution >= 4 is 16.9 Å². The van der Waals surface area contributed by atoms with Crippen LogP contribution >= 0.6 is 11.8 Å². The van der Waals surface area contributed by atoms with Gasteiger partial charge in [-0.15, -0.1) is 0 Å². The molecular weight excluding hydrogens is 228 g/mol. The maximum Gasteiger partial charge on any atom is 0.193 e. The van der Waals surface area contributed by atoms with E-state index in [9.17, 15) is 4.79 Å². The fourth-order valence-electron chi connectivity index (χ4n) is 1.55. The van der Waals surface area contributed by atoms with Crippen molar-refractivity contribution in [2.75, 3.05) is 0 Å². The van der Waals surface area contributed by atoms with Crippen LogP contribution in [0.3, 0.4) is 0 Å². The molecular formula is C15H14OS. The lowest BCUT2D eigenvalue weighted by molar-refractivity contribution is -0.110. The molecule has 0 saturated carbocycles. The Labute approximate surface area is 106 Å². The molecule has 0 atom stereocenters. The van der Waals surface area contributed by atoms with Crippen molar-refractivity contribution < 1.29 is 4.79 Å². The second-order valence-electron chi connectivity index (χ2n) is 3.81. The molecule has 0 unspecified atom stereocenters. The summed E-state index contributed by atoms with van der Waals surface area (Å²) in [6, 6.07) is 19.9. The highest BCUT2D eigenvalue weighted by atomic mass is 32.2. The van der Waals surface area contributed by atoms with Crippen LogP contribution in [0, 0.1) is 0 Å². The van der Waals surface area contributed by atoms with Crippen molar-refractivity contribution in [1.82, 2.24) is 0 Å². The monoisotopic (exact) mass is 242 g/mol. The van der Waals surface area contributed by atoms with Gasteiger partial charge in [-0.2, -0.15) is 0 Å². The third-order valence-electron chi connectivity index (χ3n) is 2.43. The van der Waals surface area contributed by atoms with Crippen LogP contribution in [0.4, 0.5) is 0 Å². The normalized spacial score (nSPS) is 10.1. The molecule has 0 heterocycles. The first-order valence-electron chi connectivity index (χ1n) is 5.58. The molecule has 2 rings (SSSR count). The highest BCUT2D eigenvalue weighted by Gasteiger charge is 2.04. The minimum atomic E-state index is 0.222. The van der Waals surface area contributed by atoms with Crippen LogP contribution in [0.1, 0.15) is 11.1 Å². The Bertz CT molecular complexity index is 465. The van der Waals surface area contributed by atoms with E-state index in [1.54, 1.807) is 0 Å². The summed E-state index contributed by atoms with van der Waals surface area (Å²) in [5.74, 6) is 0.756. The van der Waals surface area contributed by atoms with Gasteiger partial charge in [0.05, 0.1) is 0 Å². The van der Waals surface area contributed by atoms with E-state index in [1.807, 2.05) is 60.7 Å². The zero-order valence-electron chi connectivity index (χ0n) is 9.50. The quantitative estimate of drug-likeness (QED) is 0.813. The fraction of sp³-hybridized carbons (Fsp3) is 0.133. The lowest BCUT2D eigenvalue weighted by Crippen LogP contribution is -1.97. The van der Waals surface area contributed by atoms with Gasteiger partial charge in [0.25, 0.3) is 0 Å². The molecule has 0 N–H and O–H groups in total. The minimum absolute atomic E-state index is 0.222. The van der Waals surface area contributed by atoms with Crippen LogP contribution in [-0.4, -0.2) is 5.12 Å². The first-order chi connectivity index (χ1) is 8.34. The molecule has 0 aliphatic heterocycles. The molecule has 86 valence electrons. The summed E-state index contributed by atoms with van der Waals surface area (Å²) in [5.41, 5.74) is 2.27. The number of hydrogen-bond acceptors (Lipinski definition) is 2. The number of rotatable bonds is 4. The Hall–Kier alpha value is -1.54. The van der Waals surface area contributed by atoms with Gasteiger partial charge in [0.2, 0.25) is 0 Å². The Morgan fingerprint density at radius 2 is 1.35 bits per heavy atom. The zero-order valence-corrected chi connectivity index (χ0v) is 10.3. The number of benzene rings is 2. The number of hydrogen-bond donors (Lipinski definition) is 0. The second-order valence-corrected chi connectivity index (χ2v) is 4.84. The van der Waals surface area contributed by atoms with E-state index in [0.717, 1.165) is 11.3 Å². The summed E-state index contributed by atoms with van der Waals surface area (Å²) in [4.78, 5) is 11.7. The number of thioether (sulfide) groups is 1. The van der Waals surface area contributed by atoms with Crippen molar-refractivity contribution in [2.24, 2.45) is 0 Å². The average Bonchev–Trinajstić information content (AvgIpc) is 2.39. The molecule has 0 aromatic heterocycles. The summed E-state index contributed by atoms with van der Waals surface area (Å²) < 4.78 is 0. The van der Waals surface area contributed by atoms with Crippen molar-refractivity contribution in [3.8, 4) is 0 Å². The molecule has 0 amide bonds. The molecule has 2 aromatic rings. The zero-order chi connectivity index (χ0) is 11.9. The van der Waals surface area contributed by atoms with E-state index in [2.05, 4.69) is 0 Å². The van der Waals surface area contributed by atoms with Crippen molar-refractivity contribution in [1.29, 1.82) is 0 Å². The van der Waals surface area contributed by atoms with E-state index < -0.39 is 0 Å². The largest absolute Gasteiger partial charge is 0.287 e. The Morgan fingerprint density at radius 1 is 0.824 bits per heavy atom. The van der Waals surface area contributed by atoms with Crippen molar-refractivity contribution in [3.63, 3.8) is 0 Å². The first kappa shape index (κ1) is 11.9. The Morgan fingerprint density at radius 3 is 1.94 bits per heavy atom. The van der Waals surface area contributed by atoms with Gasteiger partial charge >= 0.3 is 0 Å². The molecule has 0 radical (unpaired) electrons. The highest BCUT2D eigenvalue weighted by Crippen LogP contribution is 2.15. The Kier molecular flexibility index (Phi) is 4.39. The minimum Gasteiger partial charge on any atom is -0.287 e. The molecule has 0 saturated heterocycles. The molecule has 2 aromatic carbocycles. The van der Waals surface area contributed by atoms with Gasteiger partial charge in [-0.05, 0) is 11.1 Å². The summed E-state index contributed by atoms with van der Waals surface area (Å²) in [6.07, 6.45) is 0.512. The third kappa shape index (κ3) is 4.08. The smallest absolute Gasteiger partial charge is 0.193 e. The van der Waals surface area contributed by atoms with E-state index in [-0.39, 0.29) is 5.12 Å². The lowest BCUT2D eigenvalue weighted by atomic mass is 10.2.